The van der Waals surface area contributed by atoms with Crippen molar-refractivity contribution in [3.8, 4) is 0 Å². The second kappa shape index (κ2) is 7.00. The van der Waals surface area contributed by atoms with Crippen molar-refractivity contribution in [3.05, 3.63) is 46.5 Å². The summed E-state index contributed by atoms with van der Waals surface area (Å²) in [5.41, 5.74) is 1.86. The molecular weight excluding hydrogens is 298 g/mol. The van der Waals surface area contributed by atoms with E-state index in [1.807, 2.05) is 31.2 Å². The van der Waals surface area contributed by atoms with Crippen molar-refractivity contribution in [1.29, 1.82) is 0 Å². The van der Waals surface area contributed by atoms with Crippen LogP contribution < -0.4 is 5.32 Å². The molecule has 1 saturated heterocycles. The van der Waals surface area contributed by atoms with Crippen molar-refractivity contribution in [2.45, 2.75) is 13.5 Å². The summed E-state index contributed by atoms with van der Waals surface area (Å²) in [5.74, 6) is -0.118. The normalized spacial score (nSPS) is 15.7. The maximum Gasteiger partial charge on any atom is 0.257 e. The maximum absolute atomic E-state index is 12.2. The number of carbonyl (C=O) groups excluding carboxylic acids is 1. The lowest BCUT2D eigenvalue weighted by Crippen LogP contribution is -2.35. The summed E-state index contributed by atoms with van der Waals surface area (Å²) < 4.78 is 5.35. The fourth-order valence-electron chi connectivity index (χ4n) is 2.36. The molecule has 2 aromatic rings. The number of hydrogen-bond acceptors (Lipinski definition) is 5. The predicted octanol–water partition coefficient (Wildman–Crippen LogP) is 2.54. The van der Waals surface area contributed by atoms with Gasteiger partial charge in [0.2, 0.25) is 0 Å². The Kier molecular flexibility index (Phi) is 4.82. The van der Waals surface area contributed by atoms with E-state index in [1.165, 1.54) is 16.9 Å². The quantitative estimate of drug-likeness (QED) is 0.941. The number of carbonyl (C=O) groups is 1. The van der Waals surface area contributed by atoms with Gasteiger partial charge in [-0.1, -0.05) is 12.1 Å². The summed E-state index contributed by atoms with van der Waals surface area (Å²) in [5, 5.41) is 3.46. The van der Waals surface area contributed by atoms with Crippen LogP contribution in [0.1, 0.15) is 20.8 Å². The number of thiazole rings is 1. The molecule has 1 fully saturated rings. The molecule has 0 radical (unpaired) electrons. The standard InChI is InChI=1S/C16H19N3O2S/c1-12-10-17-16(22-12)18-15(20)14-4-2-13(3-5-14)11-19-6-8-21-9-7-19/h2-5,10H,6-9,11H2,1H3,(H,17,18,20). The average Bonchev–Trinajstić information content (AvgIpc) is 2.94. The summed E-state index contributed by atoms with van der Waals surface area (Å²) in [6.45, 7) is 6.39. The zero-order valence-corrected chi connectivity index (χ0v) is 13.4. The number of aryl methyl sites for hydroxylation is 1. The predicted molar refractivity (Wildman–Crippen MR) is 87.3 cm³/mol. The van der Waals surface area contributed by atoms with Gasteiger partial charge in [0, 0.05) is 36.3 Å². The third-order valence-electron chi connectivity index (χ3n) is 3.57. The molecule has 0 saturated carbocycles. The van der Waals surface area contributed by atoms with E-state index < -0.39 is 0 Å². The van der Waals surface area contributed by atoms with Crippen LogP contribution in [0.5, 0.6) is 0 Å². The zero-order chi connectivity index (χ0) is 15.4. The van der Waals surface area contributed by atoms with Gasteiger partial charge >= 0.3 is 0 Å². The topological polar surface area (TPSA) is 54.5 Å². The summed E-state index contributed by atoms with van der Waals surface area (Å²) in [7, 11) is 0. The number of benzene rings is 1. The van der Waals surface area contributed by atoms with Gasteiger partial charge in [-0.2, -0.15) is 0 Å². The molecule has 0 bridgehead atoms. The summed E-state index contributed by atoms with van der Waals surface area (Å²) in [4.78, 5) is 19.7. The molecule has 0 unspecified atom stereocenters. The Bertz CT molecular complexity index is 633. The van der Waals surface area contributed by atoms with Gasteiger partial charge in [-0.15, -0.1) is 11.3 Å². The van der Waals surface area contributed by atoms with Gasteiger partial charge in [0.25, 0.3) is 5.91 Å². The number of morpholine rings is 1. The average molecular weight is 317 g/mol. The largest absolute Gasteiger partial charge is 0.379 e. The van der Waals surface area contributed by atoms with Gasteiger partial charge in [-0.05, 0) is 24.6 Å². The van der Waals surface area contributed by atoms with Crippen LogP contribution in [0.2, 0.25) is 0 Å². The highest BCUT2D eigenvalue weighted by atomic mass is 32.1. The van der Waals surface area contributed by atoms with Crippen molar-refractivity contribution < 1.29 is 9.53 Å². The number of ether oxygens (including phenoxy) is 1. The minimum atomic E-state index is -0.118. The minimum absolute atomic E-state index is 0.118. The van der Waals surface area contributed by atoms with Gasteiger partial charge in [-0.25, -0.2) is 4.98 Å². The Labute approximate surface area is 133 Å². The Morgan fingerprint density at radius 1 is 1.32 bits per heavy atom. The second-order valence-electron chi connectivity index (χ2n) is 5.32. The van der Waals surface area contributed by atoms with Gasteiger partial charge < -0.3 is 4.74 Å². The van der Waals surface area contributed by atoms with E-state index in [-0.39, 0.29) is 5.91 Å². The van der Waals surface area contributed by atoms with Gasteiger partial charge in [0.1, 0.15) is 0 Å². The van der Waals surface area contributed by atoms with Crippen LogP contribution >= 0.6 is 11.3 Å². The van der Waals surface area contributed by atoms with Crippen molar-refractivity contribution in [2.24, 2.45) is 0 Å². The Balaban J connectivity index is 1.59. The Hall–Kier alpha value is -1.76. The lowest BCUT2D eigenvalue weighted by molar-refractivity contribution is 0.0342. The van der Waals surface area contributed by atoms with Crippen molar-refractivity contribution >= 4 is 22.4 Å². The zero-order valence-electron chi connectivity index (χ0n) is 12.5. The fraction of sp³-hybridized carbons (Fsp3) is 0.375. The minimum Gasteiger partial charge on any atom is -0.379 e. The molecule has 1 aliphatic rings. The first kappa shape index (κ1) is 15.1. The second-order valence-corrected chi connectivity index (χ2v) is 6.55. The monoisotopic (exact) mass is 317 g/mol. The number of amides is 1. The first-order valence-corrected chi connectivity index (χ1v) is 8.15. The van der Waals surface area contributed by atoms with Crippen LogP contribution in [-0.2, 0) is 11.3 Å². The first-order valence-electron chi connectivity index (χ1n) is 7.33. The Morgan fingerprint density at radius 2 is 2.05 bits per heavy atom. The van der Waals surface area contributed by atoms with Gasteiger partial charge in [-0.3, -0.25) is 15.0 Å². The molecule has 0 atom stereocenters. The van der Waals surface area contributed by atoms with Gasteiger partial charge in [0.15, 0.2) is 5.13 Å². The molecule has 3 rings (SSSR count). The highest BCUT2D eigenvalue weighted by molar-refractivity contribution is 7.15. The SMILES string of the molecule is Cc1cnc(NC(=O)c2ccc(CN3CCOCC3)cc2)s1. The third kappa shape index (κ3) is 3.91. The van der Waals surface area contributed by atoms with Crippen molar-refractivity contribution in [1.82, 2.24) is 9.88 Å². The van der Waals surface area contributed by atoms with E-state index in [9.17, 15) is 4.79 Å². The molecule has 1 aromatic heterocycles. The molecule has 1 N–H and O–H groups in total. The first-order chi connectivity index (χ1) is 10.7. The molecule has 6 heteroatoms. The summed E-state index contributed by atoms with van der Waals surface area (Å²) in [6.07, 6.45) is 1.76. The van der Waals surface area contributed by atoms with E-state index in [4.69, 9.17) is 4.74 Å². The third-order valence-corrected chi connectivity index (χ3v) is 4.40. The molecular formula is C16H19N3O2S. The van der Waals surface area contributed by atoms with Crippen LogP contribution in [0, 0.1) is 6.92 Å². The van der Waals surface area contributed by atoms with Crippen LogP contribution in [-0.4, -0.2) is 42.1 Å². The number of hydrogen-bond donors (Lipinski definition) is 1. The molecule has 5 nitrogen and oxygen atoms in total. The molecule has 1 aromatic carbocycles. The van der Waals surface area contributed by atoms with Crippen LogP contribution in [0.15, 0.2) is 30.5 Å². The summed E-state index contributed by atoms with van der Waals surface area (Å²) in [6, 6.07) is 7.76. The lowest BCUT2D eigenvalue weighted by Gasteiger charge is -2.26. The molecule has 22 heavy (non-hydrogen) atoms. The summed E-state index contributed by atoms with van der Waals surface area (Å²) >= 11 is 1.48. The van der Waals surface area contributed by atoms with E-state index in [0.29, 0.717) is 10.7 Å². The van der Waals surface area contributed by atoms with Crippen LogP contribution in [0.25, 0.3) is 0 Å². The number of nitrogens with one attached hydrogen (secondary N) is 1. The maximum atomic E-state index is 12.2. The Morgan fingerprint density at radius 3 is 2.68 bits per heavy atom. The smallest absolute Gasteiger partial charge is 0.257 e. The van der Waals surface area contributed by atoms with E-state index in [2.05, 4.69) is 15.2 Å². The molecule has 0 spiro atoms. The molecule has 116 valence electrons. The van der Waals surface area contributed by atoms with Crippen molar-refractivity contribution in [3.63, 3.8) is 0 Å². The van der Waals surface area contributed by atoms with E-state index in [0.717, 1.165) is 37.7 Å². The molecule has 2 heterocycles. The fourth-order valence-corrected chi connectivity index (χ4v) is 3.02. The van der Waals surface area contributed by atoms with E-state index in [1.54, 1.807) is 6.20 Å². The highest BCUT2D eigenvalue weighted by Gasteiger charge is 2.12. The number of aromatic nitrogens is 1. The molecule has 0 aliphatic carbocycles. The molecule has 1 amide bonds. The van der Waals surface area contributed by atoms with Crippen LogP contribution in [0.4, 0.5) is 5.13 Å². The number of rotatable bonds is 4. The van der Waals surface area contributed by atoms with E-state index >= 15 is 0 Å². The molecule has 1 aliphatic heterocycles. The number of anilines is 1. The number of nitrogens with zero attached hydrogens (tertiary/aromatic N) is 2. The van der Waals surface area contributed by atoms with Crippen molar-refractivity contribution in [2.75, 3.05) is 31.6 Å². The van der Waals surface area contributed by atoms with Gasteiger partial charge in [0.05, 0.1) is 13.2 Å². The lowest BCUT2D eigenvalue weighted by atomic mass is 10.1. The van der Waals surface area contributed by atoms with Crippen LogP contribution in [0.3, 0.4) is 0 Å². The highest BCUT2D eigenvalue weighted by Crippen LogP contribution is 2.18.